The van der Waals surface area contributed by atoms with Crippen LogP contribution in [0.3, 0.4) is 0 Å². The van der Waals surface area contributed by atoms with Gasteiger partial charge >= 0.3 is 5.97 Å². The third-order valence-electron chi connectivity index (χ3n) is 5.35. The summed E-state index contributed by atoms with van der Waals surface area (Å²) in [5.41, 5.74) is 3.93. The van der Waals surface area contributed by atoms with E-state index in [0.29, 0.717) is 4.88 Å². The lowest BCUT2D eigenvalue weighted by molar-refractivity contribution is 0.0702. The lowest BCUT2D eigenvalue weighted by Crippen LogP contribution is -2.00. The van der Waals surface area contributed by atoms with E-state index in [2.05, 4.69) is 54.1 Å². The smallest absolute Gasteiger partial charge is 0.345 e. The lowest BCUT2D eigenvalue weighted by atomic mass is 10.1. The van der Waals surface area contributed by atoms with Crippen molar-refractivity contribution < 1.29 is 9.90 Å². The number of rotatable bonds is 12. The molecule has 0 aliphatic carbocycles. The molecule has 1 aromatic carbocycles. The number of hydrogen-bond acceptors (Lipinski definition) is 2. The van der Waals surface area contributed by atoms with Crippen molar-refractivity contribution in [1.82, 2.24) is 4.57 Å². The molecule has 3 aromatic rings. The van der Waals surface area contributed by atoms with Crippen molar-refractivity contribution in [2.75, 3.05) is 0 Å². The number of carboxylic acids is 1. The maximum Gasteiger partial charge on any atom is 0.345 e. The van der Waals surface area contributed by atoms with Crippen molar-refractivity contribution in [2.24, 2.45) is 0 Å². The van der Waals surface area contributed by atoms with Crippen LogP contribution < -0.4 is 0 Å². The average molecular weight is 410 g/mol. The van der Waals surface area contributed by atoms with Crippen LogP contribution in [-0.4, -0.2) is 15.6 Å². The van der Waals surface area contributed by atoms with Gasteiger partial charge in [0.05, 0.1) is 0 Å². The molecule has 2 aromatic heterocycles. The van der Waals surface area contributed by atoms with Gasteiger partial charge in [-0.05, 0) is 74.1 Å². The van der Waals surface area contributed by atoms with Gasteiger partial charge < -0.3 is 9.67 Å². The molecule has 3 nitrogen and oxygen atoms in total. The Morgan fingerprint density at radius 2 is 1.69 bits per heavy atom. The van der Waals surface area contributed by atoms with Gasteiger partial charge in [-0.25, -0.2) is 4.79 Å². The zero-order valence-electron chi connectivity index (χ0n) is 17.3. The SMILES string of the molecule is CCCCCCCc1ccc(-n2cccc2CCCc2ccc(C(=O)O)s2)cc1. The van der Waals surface area contributed by atoms with Gasteiger partial charge in [-0.3, -0.25) is 0 Å². The highest BCUT2D eigenvalue weighted by molar-refractivity contribution is 7.13. The average Bonchev–Trinajstić information content (AvgIpc) is 3.38. The van der Waals surface area contributed by atoms with Gasteiger partial charge in [0.15, 0.2) is 0 Å². The second-order valence-electron chi connectivity index (χ2n) is 7.62. The summed E-state index contributed by atoms with van der Waals surface area (Å²) in [7, 11) is 0. The second kappa shape index (κ2) is 11.0. The molecule has 2 heterocycles. The Labute approximate surface area is 178 Å². The first kappa shape index (κ1) is 21.4. The number of carboxylic acid groups (broad SMARTS) is 1. The largest absolute Gasteiger partial charge is 0.477 e. The molecule has 0 amide bonds. The maximum absolute atomic E-state index is 11.0. The summed E-state index contributed by atoms with van der Waals surface area (Å²) in [6, 6.07) is 16.9. The first-order valence-electron chi connectivity index (χ1n) is 10.7. The van der Waals surface area contributed by atoms with Gasteiger partial charge in [-0.1, -0.05) is 44.7 Å². The van der Waals surface area contributed by atoms with Gasteiger partial charge in [-0.2, -0.15) is 0 Å². The molecule has 0 unspecified atom stereocenters. The molecular weight excluding hydrogens is 378 g/mol. The summed E-state index contributed by atoms with van der Waals surface area (Å²) < 4.78 is 2.27. The Kier molecular flexibility index (Phi) is 8.12. The van der Waals surface area contributed by atoms with Gasteiger partial charge in [0.1, 0.15) is 4.88 Å². The molecule has 1 N–H and O–H groups in total. The predicted octanol–water partition coefficient (Wildman–Crippen LogP) is 6.93. The monoisotopic (exact) mass is 409 g/mol. The normalized spacial score (nSPS) is 11.1. The number of aromatic nitrogens is 1. The highest BCUT2D eigenvalue weighted by atomic mass is 32.1. The van der Waals surface area contributed by atoms with E-state index in [4.69, 9.17) is 5.11 Å². The minimum atomic E-state index is -0.834. The molecular formula is C25H31NO2S. The van der Waals surface area contributed by atoms with Crippen LogP contribution in [0.4, 0.5) is 0 Å². The van der Waals surface area contributed by atoms with Crippen LogP contribution in [0.2, 0.25) is 0 Å². The number of benzene rings is 1. The standard InChI is InChI=1S/C25H31NO2S/c1-2-3-4-5-6-9-20-13-15-22(16-14-20)26-19-8-11-21(26)10-7-12-23-17-18-24(29-23)25(27)28/h8,11,13-19H,2-7,9-10,12H2,1H3,(H,27,28). The lowest BCUT2D eigenvalue weighted by Gasteiger charge is -2.10. The van der Waals surface area contributed by atoms with Crippen molar-refractivity contribution in [2.45, 2.75) is 64.7 Å². The fourth-order valence-electron chi connectivity index (χ4n) is 3.70. The van der Waals surface area contributed by atoms with E-state index in [1.807, 2.05) is 6.07 Å². The molecule has 0 aliphatic rings. The molecule has 3 rings (SSSR count). The first-order valence-corrected chi connectivity index (χ1v) is 11.6. The summed E-state index contributed by atoms with van der Waals surface area (Å²) in [5, 5.41) is 9.04. The summed E-state index contributed by atoms with van der Waals surface area (Å²) in [4.78, 5) is 12.6. The van der Waals surface area contributed by atoms with Crippen molar-refractivity contribution in [3.8, 4) is 5.69 Å². The highest BCUT2D eigenvalue weighted by Gasteiger charge is 2.08. The van der Waals surface area contributed by atoms with E-state index in [9.17, 15) is 4.79 Å². The molecule has 0 atom stereocenters. The van der Waals surface area contributed by atoms with Crippen molar-refractivity contribution in [3.05, 3.63) is 75.7 Å². The Hall–Kier alpha value is -2.33. The Morgan fingerprint density at radius 3 is 2.41 bits per heavy atom. The van der Waals surface area contributed by atoms with Crippen LogP contribution >= 0.6 is 11.3 Å². The molecule has 0 saturated heterocycles. The molecule has 0 saturated carbocycles. The summed E-state index contributed by atoms with van der Waals surface area (Å²) >= 11 is 1.38. The Balaban J connectivity index is 1.51. The third kappa shape index (κ3) is 6.33. The molecule has 4 heteroatoms. The molecule has 154 valence electrons. The number of thiophene rings is 1. The molecule has 0 fully saturated rings. The topological polar surface area (TPSA) is 42.2 Å². The van der Waals surface area contributed by atoms with E-state index >= 15 is 0 Å². The number of nitrogens with zero attached hydrogens (tertiary/aromatic N) is 1. The van der Waals surface area contributed by atoms with E-state index in [1.165, 1.54) is 66.8 Å². The fourth-order valence-corrected chi connectivity index (χ4v) is 4.59. The molecule has 0 aliphatic heterocycles. The second-order valence-corrected chi connectivity index (χ2v) is 8.79. The summed E-state index contributed by atoms with van der Waals surface area (Å²) in [5.74, 6) is -0.834. The van der Waals surface area contributed by atoms with Crippen LogP contribution in [-0.2, 0) is 19.3 Å². The zero-order chi connectivity index (χ0) is 20.5. The number of aromatic carboxylic acids is 1. The number of carbonyl (C=O) groups is 1. The third-order valence-corrected chi connectivity index (χ3v) is 6.48. The Bertz CT molecular complexity index is 892. The molecule has 0 spiro atoms. The number of unbranched alkanes of at least 4 members (excludes halogenated alkanes) is 4. The van der Waals surface area contributed by atoms with Crippen LogP contribution in [0, 0.1) is 0 Å². The first-order chi connectivity index (χ1) is 14.2. The van der Waals surface area contributed by atoms with Crippen LogP contribution in [0.5, 0.6) is 0 Å². The van der Waals surface area contributed by atoms with Crippen LogP contribution in [0.15, 0.2) is 54.7 Å². The van der Waals surface area contributed by atoms with Gasteiger partial charge in [-0.15, -0.1) is 11.3 Å². The zero-order valence-corrected chi connectivity index (χ0v) is 18.1. The number of hydrogen-bond donors (Lipinski definition) is 1. The predicted molar refractivity (Wildman–Crippen MR) is 122 cm³/mol. The van der Waals surface area contributed by atoms with Crippen molar-refractivity contribution in [1.29, 1.82) is 0 Å². The van der Waals surface area contributed by atoms with Crippen LogP contribution in [0.1, 0.15) is 71.3 Å². The van der Waals surface area contributed by atoms with E-state index in [-0.39, 0.29) is 0 Å². The molecule has 29 heavy (non-hydrogen) atoms. The highest BCUT2D eigenvalue weighted by Crippen LogP contribution is 2.21. The van der Waals surface area contributed by atoms with Gasteiger partial charge in [0.2, 0.25) is 0 Å². The number of aryl methyl sites for hydroxylation is 3. The summed E-state index contributed by atoms with van der Waals surface area (Å²) in [6.45, 7) is 2.26. The fraction of sp³-hybridized carbons (Fsp3) is 0.400. The molecule has 0 bridgehead atoms. The minimum absolute atomic E-state index is 0.425. The van der Waals surface area contributed by atoms with Crippen molar-refractivity contribution in [3.63, 3.8) is 0 Å². The van der Waals surface area contributed by atoms with E-state index in [0.717, 1.165) is 24.1 Å². The van der Waals surface area contributed by atoms with Crippen molar-refractivity contribution >= 4 is 17.3 Å². The van der Waals surface area contributed by atoms with E-state index < -0.39 is 5.97 Å². The van der Waals surface area contributed by atoms with E-state index in [1.54, 1.807) is 6.07 Å². The minimum Gasteiger partial charge on any atom is -0.477 e. The quantitative estimate of drug-likeness (QED) is 0.330. The summed E-state index contributed by atoms with van der Waals surface area (Å²) in [6.07, 6.45) is 12.8. The van der Waals surface area contributed by atoms with Gasteiger partial charge in [0, 0.05) is 22.5 Å². The maximum atomic E-state index is 11.0. The molecule has 0 radical (unpaired) electrons. The van der Waals surface area contributed by atoms with Crippen LogP contribution in [0.25, 0.3) is 5.69 Å². The van der Waals surface area contributed by atoms with Gasteiger partial charge in [0.25, 0.3) is 0 Å². The Morgan fingerprint density at radius 1 is 0.897 bits per heavy atom.